The molecular formula is C8H4Cl2N2O. The van der Waals surface area contributed by atoms with E-state index < -0.39 is 0 Å². The van der Waals surface area contributed by atoms with Gasteiger partial charge >= 0.3 is 0 Å². The molecule has 0 saturated heterocycles. The van der Waals surface area contributed by atoms with E-state index in [1.165, 1.54) is 0 Å². The zero-order chi connectivity index (χ0) is 9.84. The molecule has 1 rings (SSSR count). The molecule has 3 nitrogen and oxygen atoms in total. The number of benzene rings is 1. The van der Waals surface area contributed by atoms with Gasteiger partial charge in [0.05, 0.1) is 15.6 Å². The van der Waals surface area contributed by atoms with Gasteiger partial charge < -0.3 is 5.21 Å². The molecule has 13 heavy (non-hydrogen) atoms. The van der Waals surface area contributed by atoms with Crippen LogP contribution in [0.25, 0.3) is 0 Å². The van der Waals surface area contributed by atoms with Crippen LogP contribution in [0, 0.1) is 11.3 Å². The topological polar surface area (TPSA) is 56.4 Å². The lowest BCUT2D eigenvalue weighted by Crippen LogP contribution is -1.99. The van der Waals surface area contributed by atoms with Gasteiger partial charge in [-0.25, -0.2) is 0 Å². The molecule has 0 atom stereocenters. The van der Waals surface area contributed by atoms with Crippen LogP contribution in [0.1, 0.15) is 5.56 Å². The van der Waals surface area contributed by atoms with Crippen molar-refractivity contribution in [1.29, 1.82) is 5.26 Å². The molecule has 0 aliphatic heterocycles. The maximum absolute atomic E-state index is 8.57. The minimum Gasteiger partial charge on any atom is -0.410 e. The van der Waals surface area contributed by atoms with Gasteiger partial charge in [-0.1, -0.05) is 34.4 Å². The molecular weight excluding hydrogens is 211 g/mol. The van der Waals surface area contributed by atoms with Gasteiger partial charge in [-0.2, -0.15) is 5.26 Å². The average Bonchev–Trinajstić information content (AvgIpc) is 2.11. The van der Waals surface area contributed by atoms with E-state index in [9.17, 15) is 0 Å². The third-order valence-electron chi connectivity index (χ3n) is 1.41. The SMILES string of the molecule is N#C/C(=N/O)c1c(Cl)cccc1Cl. The van der Waals surface area contributed by atoms with Crippen molar-refractivity contribution < 1.29 is 5.21 Å². The van der Waals surface area contributed by atoms with E-state index in [1.54, 1.807) is 24.3 Å². The summed E-state index contributed by atoms with van der Waals surface area (Å²) in [5.74, 6) is 0. The molecule has 0 unspecified atom stereocenters. The Morgan fingerprint density at radius 1 is 1.38 bits per heavy atom. The van der Waals surface area contributed by atoms with E-state index in [0.717, 1.165) is 0 Å². The van der Waals surface area contributed by atoms with Crippen molar-refractivity contribution in [3.05, 3.63) is 33.8 Å². The monoisotopic (exact) mass is 214 g/mol. The van der Waals surface area contributed by atoms with Gasteiger partial charge in [-0.3, -0.25) is 0 Å². The van der Waals surface area contributed by atoms with Crippen LogP contribution in [0.15, 0.2) is 23.4 Å². The molecule has 1 aromatic carbocycles. The van der Waals surface area contributed by atoms with Crippen LogP contribution in [-0.2, 0) is 0 Å². The highest BCUT2D eigenvalue weighted by Crippen LogP contribution is 2.24. The zero-order valence-corrected chi connectivity index (χ0v) is 7.84. The normalized spacial score (nSPS) is 11.0. The van der Waals surface area contributed by atoms with Gasteiger partial charge in [-0.15, -0.1) is 0 Å². The molecule has 66 valence electrons. The molecule has 0 bridgehead atoms. The zero-order valence-electron chi connectivity index (χ0n) is 6.33. The van der Waals surface area contributed by atoms with E-state index >= 15 is 0 Å². The number of oxime groups is 1. The molecule has 0 saturated carbocycles. The summed E-state index contributed by atoms with van der Waals surface area (Å²) in [6.45, 7) is 0. The fourth-order valence-electron chi connectivity index (χ4n) is 0.852. The summed E-state index contributed by atoms with van der Waals surface area (Å²) in [5.41, 5.74) is 0.0476. The third-order valence-corrected chi connectivity index (χ3v) is 2.04. The summed E-state index contributed by atoms with van der Waals surface area (Å²) < 4.78 is 0. The molecule has 1 N–H and O–H groups in total. The largest absolute Gasteiger partial charge is 0.410 e. The first-order valence-corrected chi connectivity index (χ1v) is 4.03. The lowest BCUT2D eigenvalue weighted by Gasteiger charge is -2.01. The van der Waals surface area contributed by atoms with Crippen molar-refractivity contribution in [2.75, 3.05) is 0 Å². The number of nitrogens with zero attached hydrogens (tertiary/aromatic N) is 2. The number of hydrogen-bond acceptors (Lipinski definition) is 3. The Kier molecular flexibility index (Phi) is 3.13. The van der Waals surface area contributed by atoms with Crippen molar-refractivity contribution in [3.8, 4) is 6.07 Å². The molecule has 0 aromatic heterocycles. The quantitative estimate of drug-likeness (QED) is 0.444. The summed E-state index contributed by atoms with van der Waals surface area (Å²) in [4.78, 5) is 0. The van der Waals surface area contributed by atoms with Gasteiger partial charge in [0, 0.05) is 0 Å². The van der Waals surface area contributed by atoms with Crippen molar-refractivity contribution in [3.63, 3.8) is 0 Å². The molecule has 0 aliphatic rings. The highest BCUT2D eigenvalue weighted by molar-refractivity contribution is 6.41. The Hall–Kier alpha value is -1.24. The number of nitriles is 1. The molecule has 0 spiro atoms. The first-order chi connectivity index (χ1) is 6.20. The average molecular weight is 215 g/mol. The first-order valence-electron chi connectivity index (χ1n) is 3.27. The van der Waals surface area contributed by atoms with Crippen LogP contribution in [0.3, 0.4) is 0 Å². The van der Waals surface area contributed by atoms with E-state index in [2.05, 4.69) is 5.16 Å². The van der Waals surface area contributed by atoms with Crippen LogP contribution < -0.4 is 0 Å². The van der Waals surface area contributed by atoms with Crippen LogP contribution in [0.5, 0.6) is 0 Å². The highest BCUT2D eigenvalue weighted by Gasteiger charge is 2.11. The van der Waals surface area contributed by atoms with E-state index in [-0.39, 0.29) is 21.3 Å². The van der Waals surface area contributed by atoms with Gasteiger partial charge in [0.25, 0.3) is 0 Å². The fourth-order valence-corrected chi connectivity index (χ4v) is 1.43. The van der Waals surface area contributed by atoms with Gasteiger partial charge in [-0.05, 0) is 12.1 Å². The minimum absolute atomic E-state index is 0.199. The predicted molar refractivity (Wildman–Crippen MR) is 50.4 cm³/mol. The van der Waals surface area contributed by atoms with Crippen LogP contribution >= 0.6 is 23.2 Å². The highest BCUT2D eigenvalue weighted by atomic mass is 35.5. The predicted octanol–water partition coefficient (Wildman–Crippen LogP) is 2.70. The summed E-state index contributed by atoms with van der Waals surface area (Å²) in [6, 6.07) is 6.44. The maximum Gasteiger partial charge on any atom is 0.189 e. The molecule has 0 heterocycles. The Labute approximate surface area is 84.8 Å². The molecule has 0 amide bonds. The second-order valence-electron chi connectivity index (χ2n) is 2.16. The van der Waals surface area contributed by atoms with Crippen molar-refractivity contribution >= 4 is 28.9 Å². The number of rotatable bonds is 1. The van der Waals surface area contributed by atoms with Crippen LogP contribution in [0.4, 0.5) is 0 Å². The van der Waals surface area contributed by atoms with E-state index in [0.29, 0.717) is 0 Å². The number of halogens is 2. The Bertz CT molecular complexity index is 375. The van der Waals surface area contributed by atoms with Crippen molar-refractivity contribution in [1.82, 2.24) is 0 Å². The van der Waals surface area contributed by atoms with E-state index in [1.807, 2.05) is 0 Å². The molecule has 5 heteroatoms. The summed E-state index contributed by atoms with van der Waals surface area (Å²) in [5, 5.41) is 20.4. The van der Waals surface area contributed by atoms with Crippen molar-refractivity contribution in [2.24, 2.45) is 5.16 Å². The van der Waals surface area contributed by atoms with Crippen molar-refractivity contribution in [2.45, 2.75) is 0 Å². The summed E-state index contributed by atoms with van der Waals surface area (Å²) in [7, 11) is 0. The molecule has 1 aromatic rings. The summed E-state index contributed by atoms with van der Waals surface area (Å²) in [6.07, 6.45) is 0. The Morgan fingerprint density at radius 3 is 2.31 bits per heavy atom. The minimum atomic E-state index is -0.199. The van der Waals surface area contributed by atoms with Crippen LogP contribution in [0.2, 0.25) is 10.0 Å². The first kappa shape index (κ1) is 9.85. The standard InChI is InChI=1S/C8H4Cl2N2O/c9-5-2-1-3-6(10)8(5)7(4-11)12-13/h1-3,13H/b12-7-. The Balaban J connectivity index is 3.38. The third kappa shape index (κ3) is 1.92. The number of hydrogen-bond donors (Lipinski definition) is 1. The van der Waals surface area contributed by atoms with Gasteiger partial charge in [0.15, 0.2) is 5.71 Å². The van der Waals surface area contributed by atoms with E-state index in [4.69, 9.17) is 33.7 Å². The Morgan fingerprint density at radius 2 is 1.92 bits per heavy atom. The lowest BCUT2D eigenvalue weighted by atomic mass is 10.1. The van der Waals surface area contributed by atoms with Gasteiger partial charge in [0.2, 0.25) is 0 Å². The smallest absolute Gasteiger partial charge is 0.189 e. The van der Waals surface area contributed by atoms with Gasteiger partial charge in [0.1, 0.15) is 6.07 Å². The second-order valence-corrected chi connectivity index (χ2v) is 2.97. The molecule has 0 aliphatic carbocycles. The maximum atomic E-state index is 8.57. The van der Waals surface area contributed by atoms with Crippen LogP contribution in [-0.4, -0.2) is 10.9 Å². The fraction of sp³-hybridized carbons (Fsp3) is 0. The molecule has 0 fully saturated rings. The lowest BCUT2D eigenvalue weighted by molar-refractivity contribution is 0.320. The second kappa shape index (κ2) is 4.13. The summed E-state index contributed by atoms with van der Waals surface area (Å²) >= 11 is 11.5. The molecule has 0 radical (unpaired) electrons.